The number of benzene rings is 1. The Kier molecular flexibility index (Phi) is 3.53. The normalized spacial score (nSPS) is 19.7. The van der Waals surface area contributed by atoms with E-state index in [0.717, 1.165) is 47.9 Å². The Labute approximate surface area is 139 Å². The van der Waals surface area contributed by atoms with E-state index in [1.807, 2.05) is 6.07 Å². The van der Waals surface area contributed by atoms with Gasteiger partial charge in [0.25, 0.3) is 0 Å². The number of ketones is 1. The molecule has 2 aliphatic heterocycles. The van der Waals surface area contributed by atoms with Crippen LogP contribution in [0.5, 0.6) is 11.5 Å². The van der Waals surface area contributed by atoms with Crippen molar-refractivity contribution in [1.29, 1.82) is 0 Å². The summed E-state index contributed by atoms with van der Waals surface area (Å²) in [5.74, 6) is 2.75. The molecule has 0 saturated carbocycles. The zero-order valence-corrected chi connectivity index (χ0v) is 14.3. The molecule has 4 nitrogen and oxygen atoms in total. The van der Waals surface area contributed by atoms with E-state index < -0.39 is 0 Å². The van der Waals surface area contributed by atoms with Gasteiger partial charge in [-0.2, -0.15) is 0 Å². The Morgan fingerprint density at radius 2 is 2.00 bits per heavy atom. The number of halogens is 1. The van der Waals surface area contributed by atoms with Crippen LogP contribution in [0.15, 0.2) is 17.8 Å². The molecule has 0 radical (unpaired) electrons. The summed E-state index contributed by atoms with van der Waals surface area (Å²) >= 11 is 2.31. The lowest BCUT2D eigenvalue weighted by molar-refractivity contribution is -0.113. The second-order valence-electron chi connectivity index (χ2n) is 5.36. The Bertz CT molecular complexity index is 659. The highest BCUT2D eigenvalue weighted by Gasteiger charge is 2.33. The summed E-state index contributed by atoms with van der Waals surface area (Å²) < 4.78 is 11.0. The summed E-state index contributed by atoms with van der Waals surface area (Å²) in [5.41, 5.74) is 4.37. The molecule has 21 heavy (non-hydrogen) atoms. The summed E-state index contributed by atoms with van der Waals surface area (Å²) in [6, 6.07) is 4.05. The van der Waals surface area contributed by atoms with Crippen molar-refractivity contribution in [2.24, 2.45) is 0 Å². The van der Waals surface area contributed by atoms with Crippen molar-refractivity contribution in [2.75, 3.05) is 19.2 Å². The Morgan fingerprint density at radius 3 is 2.81 bits per heavy atom. The number of nitrogens with zero attached hydrogens (tertiary/aromatic N) is 1. The molecule has 0 spiro atoms. The van der Waals surface area contributed by atoms with Gasteiger partial charge in [-0.1, -0.05) is 8.93 Å². The summed E-state index contributed by atoms with van der Waals surface area (Å²) in [7, 11) is 1.77. The minimum atomic E-state index is 0.260. The van der Waals surface area contributed by atoms with Crippen LogP contribution in [0.25, 0.3) is 5.57 Å². The number of ether oxygens (including phenoxy) is 2. The first-order valence-corrected chi connectivity index (χ1v) is 10.5. The molecule has 6 heteroatoms. The number of Topliss-reactive ketones (excluding diaryl/α,β-unsaturated/α-hetero) is 1. The zero-order chi connectivity index (χ0) is 14.4. The van der Waals surface area contributed by atoms with Gasteiger partial charge >= 0.3 is 0 Å². The van der Waals surface area contributed by atoms with Gasteiger partial charge in [-0.25, -0.2) is 0 Å². The second kappa shape index (κ2) is 5.39. The first-order valence-electron chi connectivity index (χ1n) is 6.95. The monoisotopic (exact) mass is 415 g/mol. The minimum Gasteiger partial charge on any atom is -0.454 e. The molecule has 0 unspecified atom stereocenters. The van der Waals surface area contributed by atoms with Crippen LogP contribution in [0.3, 0.4) is 0 Å². The Balaban J connectivity index is 1.87. The first-order chi connectivity index (χ1) is 10.3. The predicted molar refractivity (Wildman–Crippen MR) is 90.6 cm³/mol. The van der Waals surface area contributed by atoms with Crippen LogP contribution in [-0.4, -0.2) is 29.9 Å². The maximum absolute atomic E-state index is 12.4. The van der Waals surface area contributed by atoms with Crippen molar-refractivity contribution in [3.8, 4) is 11.5 Å². The number of carbonyl (C=O) groups excluding carboxylic acids is 1. The lowest BCUT2D eigenvalue weighted by atomic mass is 9.96. The van der Waals surface area contributed by atoms with Gasteiger partial charge in [0.05, 0.1) is 5.88 Å². The summed E-state index contributed by atoms with van der Waals surface area (Å²) in [6.45, 7) is 1.23. The Morgan fingerprint density at radius 1 is 1.19 bits per heavy atom. The smallest absolute Gasteiger partial charge is 0.231 e. The van der Waals surface area contributed by atoms with Crippen LogP contribution in [-0.2, 0) is 11.2 Å². The van der Waals surface area contributed by atoms with Crippen molar-refractivity contribution >= 4 is 41.5 Å². The quantitative estimate of drug-likeness (QED) is 0.693. The highest BCUT2D eigenvalue weighted by atomic mass is 127. The SMILES string of the molecule is O=C1CCC2=C1c1cc3c(cc1CCN2CSI)OCO3. The molecule has 0 atom stereocenters. The standard InChI is InChI=1S/C15H14INO3S/c16-21-7-17-4-3-9-5-13-14(20-8-19-13)6-10(9)15-11(17)1-2-12(15)18/h5-6H,1-4,7-8H2. The minimum absolute atomic E-state index is 0.260. The number of hydrogen-bond acceptors (Lipinski definition) is 5. The number of fused-ring (bicyclic) bond motifs is 3. The molecule has 4 rings (SSSR count). The molecule has 1 aromatic rings. The van der Waals surface area contributed by atoms with Gasteiger partial charge in [0.15, 0.2) is 17.3 Å². The van der Waals surface area contributed by atoms with Crippen molar-refractivity contribution in [3.63, 3.8) is 0 Å². The highest BCUT2D eigenvalue weighted by Crippen LogP contribution is 2.43. The molecular formula is C15H14INO3S. The fraction of sp³-hybridized carbons (Fsp3) is 0.400. The van der Waals surface area contributed by atoms with Crippen molar-refractivity contribution in [3.05, 3.63) is 29.0 Å². The number of allylic oxidation sites excluding steroid dienone is 2. The van der Waals surface area contributed by atoms with Gasteiger partial charge < -0.3 is 14.4 Å². The van der Waals surface area contributed by atoms with E-state index in [-0.39, 0.29) is 12.6 Å². The van der Waals surface area contributed by atoms with E-state index in [0.29, 0.717) is 6.42 Å². The molecule has 2 heterocycles. The van der Waals surface area contributed by atoms with Crippen molar-refractivity contribution in [2.45, 2.75) is 19.3 Å². The van der Waals surface area contributed by atoms with Crippen LogP contribution in [0.2, 0.25) is 0 Å². The van der Waals surface area contributed by atoms with Crippen LogP contribution >= 0.6 is 30.1 Å². The van der Waals surface area contributed by atoms with E-state index in [1.54, 1.807) is 8.93 Å². The second-order valence-corrected chi connectivity index (χ2v) is 7.70. The number of carbonyl (C=O) groups is 1. The van der Waals surface area contributed by atoms with Crippen LogP contribution < -0.4 is 9.47 Å². The third kappa shape index (κ3) is 2.23. The fourth-order valence-corrected chi connectivity index (χ4v) is 4.69. The molecule has 1 aliphatic carbocycles. The first kappa shape index (κ1) is 13.8. The van der Waals surface area contributed by atoms with Crippen LogP contribution in [0.4, 0.5) is 0 Å². The number of rotatable bonds is 2. The maximum atomic E-state index is 12.4. The summed E-state index contributed by atoms with van der Waals surface area (Å²) in [4.78, 5) is 14.8. The topological polar surface area (TPSA) is 38.8 Å². The van der Waals surface area contributed by atoms with Crippen molar-refractivity contribution < 1.29 is 14.3 Å². The van der Waals surface area contributed by atoms with E-state index in [9.17, 15) is 4.79 Å². The van der Waals surface area contributed by atoms with Gasteiger partial charge in [-0.3, -0.25) is 4.79 Å². The van der Waals surface area contributed by atoms with E-state index >= 15 is 0 Å². The van der Waals surface area contributed by atoms with E-state index in [2.05, 4.69) is 32.2 Å². The lowest BCUT2D eigenvalue weighted by Gasteiger charge is -2.23. The largest absolute Gasteiger partial charge is 0.454 e. The zero-order valence-electron chi connectivity index (χ0n) is 11.4. The molecule has 1 aromatic carbocycles. The maximum Gasteiger partial charge on any atom is 0.231 e. The van der Waals surface area contributed by atoms with Crippen LogP contribution in [0, 0.1) is 0 Å². The predicted octanol–water partition coefficient (Wildman–Crippen LogP) is 3.39. The molecule has 3 aliphatic rings. The van der Waals surface area contributed by atoms with Gasteiger partial charge in [0.1, 0.15) is 0 Å². The average molecular weight is 415 g/mol. The molecule has 0 bridgehead atoms. The molecule has 0 N–H and O–H groups in total. The molecule has 0 fully saturated rings. The third-order valence-electron chi connectivity index (χ3n) is 4.26. The van der Waals surface area contributed by atoms with Gasteiger partial charge in [-0.15, -0.1) is 0 Å². The lowest BCUT2D eigenvalue weighted by Crippen LogP contribution is -2.23. The van der Waals surface area contributed by atoms with Crippen molar-refractivity contribution in [1.82, 2.24) is 4.90 Å². The molecule has 110 valence electrons. The van der Waals surface area contributed by atoms with Gasteiger partial charge in [0.2, 0.25) is 6.79 Å². The molecule has 0 amide bonds. The highest BCUT2D eigenvalue weighted by molar-refractivity contribution is 14.2. The molecule has 0 saturated heterocycles. The molecule has 0 aromatic heterocycles. The van der Waals surface area contributed by atoms with Gasteiger partial charge in [-0.05, 0) is 57.3 Å². The Hall–Kier alpha value is -0.890. The molecular weight excluding hydrogens is 401 g/mol. The fourth-order valence-electron chi connectivity index (χ4n) is 3.28. The average Bonchev–Trinajstić information content (AvgIpc) is 3.04. The summed E-state index contributed by atoms with van der Waals surface area (Å²) in [5, 5.41) is 0. The van der Waals surface area contributed by atoms with Crippen LogP contribution in [0.1, 0.15) is 24.0 Å². The number of hydrogen-bond donors (Lipinski definition) is 0. The summed E-state index contributed by atoms with van der Waals surface area (Å²) in [6.07, 6.45) is 2.42. The van der Waals surface area contributed by atoms with E-state index in [4.69, 9.17) is 9.47 Å². The van der Waals surface area contributed by atoms with E-state index in [1.165, 1.54) is 11.3 Å². The third-order valence-corrected chi connectivity index (χ3v) is 5.51. The van der Waals surface area contributed by atoms with Gasteiger partial charge in [0, 0.05) is 24.2 Å².